The molecule has 0 bridgehead atoms. The van der Waals surface area contributed by atoms with E-state index < -0.39 is 0 Å². The van der Waals surface area contributed by atoms with Gasteiger partial charge in [-0.15, -0.1) is 0 Å². The lowest BCUT2D eigenvalue weighted by Crippen LogP contribution is -2.70. The summed E-state index contributed by atoms with van der Waals surface area (Å²) in [5, 5.41) is 0. The molecule has 0 aromatic rings. The second kappa shape index (κ2) is 3.29. The Morgan fingerprint density at radius 2 is 2.20 bits per heavy atom. The fourth-order valence-corrected chi connectivity index (χ4v) is 3.40. The van der Waals surface area contributed by atoms with Crippen molar-refractivity contribution in [1.82, 2.24) is 0 Å². The number of carbonyl (C=O) groups is 1. The molecule has 3 aliphatic rings. The molecule has 0 N–H and O–H groups in total. The Hall–Kier alpha value is -0.410. The molecule has 0 radical (unpaired) electrons. The first kappa shape index (κ1) is 9.79. The summed E-state index contributed by atoms with van der Waals surface area (Å²) in [6.07, 6.45) is 5.28. The number of hydrogen-bond acceptors (Lipinski definition) is 3. The van der Waals surface area contributed by atoms with Gasteiger partial charge in [0.15, 0.2) is 5.78 Å². The molecule has 2 saturated carbocycles. The van der Waals surface area contributed by atoms with Gasteiger partial charge in [0.1, 0.15) is 11.7 Å². The molecule has 3 heteroatoms. The van der Waals surface area contributed by atoms with E-state index >= 15 is 0 Å². The standard InChI is InChI=1S/C12H18O3/c1-8-5-7-14-11-10(13)9-4-2-3-6-12(9,11)15-8/h8-9,11H,2-7H2,1H3/t8-,9-,11+,12+/m0/s1. The van der Waals surface area contributed by atoms with Crippen LogP contribution in [0.5, 0.6) is 0 Å². The third-order valence-electron chi connectivity index (χ3n) is 4.18. The molecule has 4 atom stereocenters. The van der Waals surface area contributed by atoms with Crippen LogP contribution in [0.25, 0.3) is 0 Å². The number of carbonyl (C=O) groups excluding carboxylic acids is 1. The summed E-state index contributed by atoms with van der Waals surface area (Å²) in [6.45, 7) is 2.76. The van der Waals surface area contributed by atoms with Gasteiger partial charge in [0.2, 0.25) is 0 Å². The molecule has 3 nitrogen and oxygen atoms in total. The van der Waals surface area contributed by atoms with Gasteiger partial charge in [-0.25, -0.2) is 0 Å². The molecule has 1 aliphatic heterocycles. The average molecular weight is 210 g/mol. The highest BCUT2D eigenvalue weighted by molar-refractivity contribution is 5.95. The van der Waals surface area contributed by atoms with Crippen LogP contribution >= 0.6 is 0 Å². The van der Waals surface area contributed by atoms with Crippen molar-refractivity contribution in [3.63, 3.8) is 0 Å². The number of hydrogen-bond donors (Lipinski definition) is 0. The van der Waals surface area contributed by atoms with Gasteiger partial charge in [-0.2, -0.15) is 0 Å². The number of Topliss-reactive ketones (excluding diaryl/α,β-unsaturated/α-hetero) is 1. The Morgan fingerprint density at radius 3 is 3.07 bits per heavy atom. The second-order valence-corrected chi connectivity index (χ2v) is 5.12. The lowest BCUT2D eigenvalue weighted by Gasteiger charge is -2.55. The van der Waals surface area contributed by atoms with Crippen LogP contribution in [0.4, 0.5) is 0 Å². The van der Waals surface area contributed by atoms with Crippen LogP contribution in [-0.4, -0.2) is 30.2 Å². The predicted octanol–water partition coefficient (Wildman–Crippen LogP) is 1.69. The maximum absolute atomic E-state index is 11.9. The third kappa shape index (κ3) is 1.23. The van der Waals surface area contributed by atoms with E-state index in [1.165, 1.54) is 12.8 Å². The maximum Gasteiger partial charge on any atom is 0.170 e. The van der Waals surface area contributed by atoms with Gasteiger partial charge in [0.05, 0.1) is 18.6 Å². The van der Waals surface area contributed by atoms with Gasteiger partial charge < -0.3 is 9.47 Å². The molecule has 0 amide bonds. The first-order valence-electron chi connectivity index (χ1n) is 6.07. The fourth-order valence-electron chi connectivity index (χ4n) is 3.40. The quantitative estimate of drug-likeness (QED) is 0.610. The van der Waals surface area contributed by atoms with E-state index in [0.29, 0.717) is 12.4 Å². The van der Waals surface area contributed by atoms with Crippen molar-refractivity contribution in [2.75, 3.05) is 6.61 Å². The minimum Gasteiger partial charge on any atom is -0.368 e. The van der Waals surface area contributed by atoms with E-state index in [0.717, 1.165) is 19.3 Å². The lowest BCUT2D eigenvalue weighted by atomic mass is 9.58. The van der Waals surface area contributed by atoms with Crippen molar-refractivity contribution in [1.29, 1.82) is 0 Å². The molecule has 2 aliphatic carbocycles. The molecule has 0 aromatic carbocycles. The highest BCUT2D eigenvalue weighted by atomic mass is 16.6. The summed E-state index contributed by atoms with van der Waals surface area (Å²) in [7, 11) is 0. The molecule has 1 heterocycles. The fraction of sp³-hybridized carbons (Fsp3) is 0.917. The summed E-state index contributed by atoms with van der Waals surface area (Å²) in [6, 6.07) is 0. The lowest BCUT2D eigenvalue weighted by molar-refractivity contribution is -0.230. The van der Waals surface area contributed by atoms with Crippen molar-refractivity contribution >= 4 is 5.78 Å². The second-order valence-electron chi connectivity index (χ2n) is 5.12. The van der Waals surface area contributed by atoms with E-state index in [1.807, 2.05) is 0 Å². The van der Waals surface area contributed by atoms with Gasteiger partial charge >= 0.3 is 0 Å². The summed E-state index contributed by atoms with van der Waals surface area (Å²) in [4.78, 5) is 11.9. The molecule has 0 aromatic heterocycles. The zero-order valence-electron chi connectivity index (χ0n) is 9.20. The molecule has 3 fully saturated rings. The smallest absolute Gasteiger partial charge is 0.170 e. The molecular weight excluding hydrogens is 192 g/mol. The van der Waals surface area contributed by atoms with Crippen LogP contribution in [0.3, 0.4) is 0 Å². The van der Waals surface area contributed by atoms with Crippen LogP contribution < -0.4 is 0 Å². The van der Waals surface area contributed by atoms with Crippen molar-refractivity contribution < 1.29 is 14.3 Å². The average Bonchev–Trinajstić information content (AvgIpc) is 2.35. The Labute approximate surface area is 90.1 Å². The van der Waals surface area contributed by atoms with Gasteiger partial charge in [-0.05, 0) is 26.2 Å². The first-order valence-corrected chi connectivity index (χ1v) is 6.07. The molecule has 15 heavy (non-hydrogen) atoms. The largest absolute Gasteiger partial charge is 0.368 e. The van der Waals surface area contributed by atoms with Crippen LogP contribution in [-0.2, 0) is 14.3 Å². The third-order valence-corrected chi connectivity index (χ3v) is 4.18. The van der Waals surface area contributed by atoms with Gasteiger partial charge in [-0.3, -0.25) is 4.79 Å². The predicted molar refractivity (Wildman–Crippen MR) is 54.6 cm³/mol. The summed E-state index contributed by atoms with van der Waals surface area (Å²) in [5.74, 6) is 0.431. The zero-order valence-corrected chi connectivity index (χ0v) is 9.20. The van der Waals surface area contributed by atoms with Crippen molar-refractivity contribution in [3.8, 4) is 0 Å². The topological polar surface area (TPSA) is 35.5 Å². The van der Waals surface area contributed by atoms with E-state index in [-0.39, 0.29) is 23.7 Å². The molecule has 1 saturated heterocycles. The summed E-state index contributed by atoms with van der Waals surface area (Å²) >= 11 is 0. The van der Waals surface area contributed by atoms with Gasteiger partial charge in [-0.1, -0.05) is 12.8 Å². The minimum atomic E-state index is -0.243. The maximum atomic E-state index is 11.9. The Balaban J connectivity index is 1.90. The molecule has 0 unspecified atom stereocenters. The molecule has 84 valence electrons. The highest BCUT2D eigenvalue weighted by Crippen LogP contribution is 2.51. The minimum absolute atomic E-state index is 0.136. The Bertz CT molecular complexity index is 289. The number of ether oxygens (including phenoxy) is 2. The van der Waals surface area contributed by atoms with Gasteiger partial charge in [0.25, 0.3) is 0 Å². The summed E-state index contributed by atoms with van der Waals surface area (Å²) < 4.78 is 11.8. The van der Waals surface area contributed by atoms with E-state index in [4.69, 9.17) is 9.47 Å². The van der Waals surface area contributed by atoms with E-state index in [9.17, 15) is 4.79 Å². The highest BCUT2D eigenvalue weighted by Gasteiger charge is 2.65. The van der Waals surface area contributed by atoms with Crippen LogP contribution in [0.15, 0.2) is 0 Å². The number of ketones is 1. The monoisotopic (exact) mass is 210 g/mol. The van der Waals surface area contributed by atoms with Crippen LogP contribution in [0.1, 0.15) is 39.0 Å². The Kier molecular flexibility index (Phi) is 2.15. The van der Waals surface area contributed by atoms with Crippen molar-refractivity contribution in [2.24, 2.45) is 5.92 Å². The Morgan fingerprint density at radius 1 is 1.33 bits per heavy atom. The summed E-state index contributed by atoms with van der Waals surface area (Å²) in [5.41, 5.74) is -0.231. The SMILES string of the molecule is C[C@H]1CCO[C@@H]2C(=O)[C@@H]3CCCC[C@]23O1. The molecular formula is C12H18O3. The number of rotatable bonds is 0. The van der Waals surface area contributed by atoms with Gasteiger partial charge in [0, 0.05) is 0 Å². The van der Waals surface area contributed by atoms with Crippen LogP contribution in [0.2, 0.25) is 0 Å². The van der Waals surface area contributed by atoms with Crippen LogP contribution in [0, 0.1) is 5.92 Å². The van der Waals surface area contributed by atoms with E-state index in [2.05, 4.69) is 6.92 Å². The van der Waals surface area contributed by atoms with E-state index in [1.54, 1.807) is 0 Å². The molecule has 3 rings (SSSR count). The van der Waals surface area contributed by atoms with Crippen molar-refractivity contribution in [3.05, 3.63) is 0 Å². The molecule has 1 spiro atoms. The van der Waals surface area contributed by atoms with Crippen molar-refractivity contribution in [2.45, 2.75) is 56.8 Å². The normalized spacial score (nSPS) is 49.9. The zero-order chi connectivity index (χ0) is 10.5. The first-order chi connectivity index (χ1) is 7.24.